The lowest BCUT2D eigenvalue weighted by Crippen LogP contribution is -2.62. The number of morpholine rings is 1. The van der Waals surface area contributed by atoms with Crippen molar-refractivity contribution in [2.75, 3.05) is 26.4 Å². The number of hydrogen-bond acceptors (Lipinski definition) is 5. The van der Waals surface area contributed by atoms with Gasteiger partial charge in [-0.2, -0.15) is 0 Å². The lowest BCUT2D eigenvalue weighted by atomic mass is 9.76. The average molecular weight is 484 g/mol. The van der Waals surface area contributed by atoms with Crippen LogP contribution in [0, 0.1) is 0 Å². The number of carbonyl (C=O) groups excluding carboxylic acids is 1. The number of benzene rings is 3. The Hall–Kier alpha value is -3.35. The van der Waals surface area contributed by atoms with Crippen molar-refractivity contribution in [3.05, 3.63) is 89.0 Å². The third kappa shape index (κ3) is 3.43. The van der Waals surface area contributed by atoms with Gasteiger partial charge in [-0.15, -0.1) is 0 Å². The van der Waals surface area contributed by atoms with Crippen molar-refractivity contribution in [1.82, 2.24) is 4.90 Å². The molecule has 2 bridgehead atoms. The minimum Gasteiger partial charge on any atom is -0.493 e. The summed E-state index contributed by atoms with van der Waals surface area (Å²) in [7, 11) is 0. The zero-order valence-electron chi connectivity index (χ0n) is 20.1. The van der Waals surface area contributed by atoms with Crippen LogP contribution >= 0.6 is 0 Å². The summed E-state index contributed by atoms with van der Waals surface area (Å²) in [5.41, 5.74) is 5.85. The first-order valence-corrected chi connectivity index (χ1v) is 12.8. The van der Waals surface area contributed by atoms with Crippen molar-refractivity contribution in [3.8, 4) is 16.9 Å². The molecule has 3 heterocycles. The summed E-state index contributed by atoms with van der Waals surface area (Å²) in [5, 5.41) is 11.7. The fourth-order valence-electron chi connectivity index (χ4n) is 6.65. The molecule has 1 amide bonds. The first kappa shape index (κ1) is 21.9. The molecular weight excluding hydrogens is 454 g/mol. The lowest BCUT2D eigenvalue weighted by molar-refractivity contribution is -0.136. The number of fused-ring (bicyclic) bond motifs is 6. The van der Waals surface area contributed by atoms with Gasteiger partial charge < -0.3 is 19.3 Å². The highest BCUT2D eigenvalue weighted by atomic mass is 16.6. The predicted octanol–water partition coefficient (Wildman–Crippen LogP) is 4.62. The summed E-state index contributed by atoms with van der Waals surface area (Å²) >= 11 is 0. The van der Waals surface area contributed by atoms with Gasteiger partial charge in [-0.1, -0.05) is 54.6 Å². The van der Waals surface area contributed by atoms with Crippen molar-refractivity contribution in [2.24, 2.45) is 0 Å². The average Bonchev–Trinajstić information content (AvgIpc) is 3.49. The van der Waals surface area contributed by atoms with E-state index in [0.717, 1.165) is 23.3 Å². The van der Waals surface area contributed by atoms with E-state index in [1.165, 1.54) is 22.3 Å². The zero-order valence-corrected chi connectivity index (χ0v) is 20.1. The highest BCUT2D eigenvalue weighted by Crippen LogP contribution is 2.46. The van der Waals surface area contributed by atoms with Crippen LogP contribution in [0.2, 0.25) is 0 Å². The van der Waals surface area contributed by atoms with Crippen molar-refractivity contribution >= 4 is 6.09 Å². The van der Waals surface area contributed by atoms with Gasteiger partial charge in [0.05, 0.1) is 37.5 Å². The van der Waals surface area contributed by atoms with Crippen LogP contribution in [0.5, 0.6) is 5.75 Å². The van der Waals surface area contributed by atoms with Crippen LogP contribution in [0.15, 0.2) is 66.7 Å². The molecule has 4 aliphatic rings. The van der Waals surface area contributed by atoms with Crippen LogP contribution in [0.1, 0.15) is 41.0 Å². The summed E-state index contributed by atoms with van der Waals surface area (Å²) in [6.07, 6.45) is 1.39. The topological polar surface area (TPSA) is 68.2 Å². The van der Waals surface area contributed by atoms with Gasteiger partial charge in [-0.05, 0) is 45.5 Å². The fourth-order valence-corrected chi connectivity index (χ4v) is 6.65. The molecule has 0 saturated carbocycles. The minimum absolute atomic E-state index is 0.0211. The Kier molecular flexibility index (Phi) is 5.08. The third-order valence-electron chi connectivity index (χ3n) is 8.33. The van der Waals surface area contributed by atoms with Gasteiger partial charge in [0.2, 0.25) is 0 Å². The predicted molar refractivity (Wildman–Crippen MR) is 134 cm³/mol. The largest absolute Gasteiger partial charge is 0.493 e. The van der Waals surface area contributed by atoms with Crippen LogP contribution in [0.4, 0.5) is 4.79 Å². The Morgan fingerprint density at radius 3 is 2.33 bits per heavy atom. The molecule has 0 aromatic heterocycles. The van der Waals surface area contributed by atoms with Crippen molar-refractivity contribution in [3.63, 3.8) is 0 Å². The molecule has 2 fully saturated rings. The van der Waals surface area contributed by atoms with Gasteiger partial charge in [0, 0.05) is 25.2 Å². The molecule has 1 N–H and O–H groups in total. The number of rotatable bonds is 3. The molecule has 6 heteroatoms. The van der Waals surface area contributed by atoms with Crippen LogP contribution in [0.25, 0.3) is 11.1 Å². The van der Waals surface area contributed by atoms with E-state index in [2.05, 4.69) is 30.3 Å². The monoisotopic (exact) mass is 483 g/mol. The molecule has 3 aromatic carbocycles. The van der Waals surface area contributed by atoms with Crippen LogP contribution in [-0.4, -0.2) is 54.6 Å². The first-order chi connectivity index (χ1) is 17.6. The molecule has 1 aliphatic carbocycles. The van der Waals surface area contributed by atoms with E-state index in [-0.39, 0.29) is 24.1 Å². The molecular formula is C30H29NO5. The number of carbonyl (C=O) groups is 1. The van der Waals surface area contributed by atoms with Gasteiger partial charge in [0.15, 0.2) is 0 Å². The van der Waals surface area contributed by atoms with Crippen molar-refractivity contribution in [2.45, 2.75) is 42.9 Å². The van der Waals surface area contributed by atoms with Gasteiger partial charge in [-0.3, -0.25) is 4.90 Å². The Morgan fingerprint density at radius 2 is 1.64 bits per heavy atom. The lowest BCUT2D eigenvalue weighted by Gasteiger charge is -2.51. The molecule has 0 radical (unpaired) electrons. The van der Waals surface area contributed by atoms with Gasteiger partial charge in [0.25, 0.3) is 0 Å². The van der Waals surface area contributed by atoms with Crippen LogP contribution < -0.4 is 4.74 Å². The van der Waals surface area contributed by atoms with Crippen LogP contribution in [0.3, 0.4) is 0 Å². The molecule has 6 nitrogen and oxygen atoms in total. The molecule has 3 aromatic rings. The minimum atomic E-state index is -1.00. The molecule has 0 spiro atoms. The highest BCUT2D eigenvalue weighted by Gasteiger charge is 2.49. The smallest absolute Gasteiger partial charge is 0.410 e. The van der Waals surface area contributed by atoms with Gasteiger partial charge in [-0.25, -0.2) is 4.79 Å². The SMILES string of the molecule is O=C(OCC1c2ccccc2-c2ccccc21)N1C2COCC1CC(O)(c1ccc3c(c1)CCO3)C2. The highest BCUT2D eigenvalue weighted by molar-refractivity contribution is 5.79. The summed E-state index contributed by atoms with van der Waals surface area (Å²) in [6, 6.07) is 22.2. The number of aliphatic hydroxyl groups is 1. The molecule has 2 saturated heterocycles. The van der Waals surface area contributed by atoms with Gasteiger partial charge in [0.1, 0.15) is 12.4 Å². The maximum Gasteiger partial charge on any atom is 0.410 e. The molecule has 184 valence electrons. The standard InChI is InChI=1S/C30H29NO5/c32-29(36-18-27-25-7-3-1-5-23(25)24-6-2-4-8-26(24)27)31-21-14-30(33,15-22(31)17-34-16-21)20-9-10-28-19(13-20)11-12-35-28/h1-10,13,21-22,27,33H,11-12,14-18H2. The Labute approximate surface area is 210 Å². The number of ether oxygens (including phenoxy) is 3. The van der Waals surface area contributed by atoms with E-state index in [4.69, 9.17) is 14.2 Å². The Morgan fingerprint density at radius 1 is 0.972 bits per heavy atom. The number of hydrogen-bond donors (Lipinski definition) is 1. The number of amides is 1. The van der Waals surface area contributed by atoms with E-state index in [1.807, 2.05) is 41.3 Å². The number of nitrogens with zero attached hydrogens (tertiary/aromatic N) is 1. The molecule has 3 aliphatic heterocycles. The summed E-state index contributed by atoms with van der Waals surface area (Å²) < 4.78 is 17.4. The number of piperidine rings is 1. The summed E-state index contributed by atoms with van der Waals surface area (Å²) in [4.78, 5) is 15.3. The summed E-state index contributed by atoms with van der Waals surface area (Å²) in [5.74, 6) is 0.926. The quantitative estimate of drug-likeness (QED) is 0.589. The second kappa shape index (κ2) is 8.36. The van der Waals surface area contributed by atoms with Crippen molar-refractivity contribution in [1.29, 1.82) is 0 Å². The Balaban J connectivity index is 1.10. The molecule has 2 unspecified atom stereocenters. The van der Waals surface area contributed by atoms with Crippen molar-refractivity contribution < 1.29 is 24.1 Å². The van der Waals surface area contributed by atoms with E-state index >= 15 is 0 Å². The fraction of sp³-hybridized carbons (Fsp3) is 0.367. The molecule has 7 rings (SSSR count). The normalized spacial score (nSPS) is 26.1. The van der Waals surface area contributed by atoms with Crippen LogP contribution in [-0.2, 0) is 21.5 Å². The van der Waals surface area contributed by atoms with E-state index in [1.54, 1.807) is 0 Å². The second-order valence-electron chi connectivity index (χ2n) is 10.4. The first-order valence-electron chi connectivity index (χ1n) is 12.8. The maximum atomic E-state index is 13.4. The van der Waals surface area contributed by atoms with E-state index in [0.29, 0.717) is 39.3 Å². The third-order valence-corrected chi connectivity index (χ3v) is 8.33. The van der Waals surface area contributed by atoms with Gasteiger partial charge >= 0.3 is 6.09 Å². The molecule has 2 atom stereocenters. The second-order valence-corrected chi connectivity index (χ2v) is 10.4. The zero-order chi connectivity index (χ0) is 24.3. The maximum absolute atomic E-state index is 13.4. The van der Waals surface area contributed by atoms with E-state index in [9.17, 15) is 9.90 Å². The summed E-state index contributed by atoms with van der Waals surface area (Å²) in [6.45, 7) is 1.78. The molecule has 36 heavy (non-hydrogen) atoms. The Bertz CT molecular complexity index is 1280. The van der Waals surface area contributed by atoms with E-state index < -0.39 is 5.60 Å².